The van der Waals surface area contributed by atoms with Crippen LogP contribution in [0.2, 0.25) is 0 Å². The Bertz CT molecular complexity index is 618. The van der Waals surface area contributed by atoms with Gasteiger partial charge in [0.05, 0.1) is 16.3 Å². The van der Waals surface area contributed by atoms with Gasteiger partial charge in [-0.25, -0.2) is 9.37 Å². The van der Waals surface area contributed by atoms with Gasteiger partial charge in [0.25, 0.3) is 0 Å². The van der Waals surface area contributed by atoms with Gasteiger partial charge in [-0.15, -0.1) is 11.3 Å². The van der Waals surface area contributed by atoms with Gasteiger partial charge in [0.1, 0.15) is 5.82 Å². The van der Waals surface area contributed by atoms with Gasteiger partial charge < -0.3 is 5.11 Å². The molecular weight excluding hydrogens is 261 g/mol. The van der Waals surface area contributed by atoms with Crippen molar-refractivity contribution in [1.82, 2.24) is 4.98 Å². The molecule has 0 radical (unpaired) electrons. The lowest BCUT2D eigenvalue weighted by Gasteiger charge is -2.22. The van der Waals surface area contributed by atoms with E-state index in [9.17, 15) is 9.50 Å². The maximum atomic E-state index is 13.2. The molecule has 2 nitrogen and oxygen atoms in total. The minimum absolute atomic E-state index is 0.232. The minimum atomic E-state index is -0.889. The van der Waals surface area contributed by atoms with Crippen molar-refractivity contribution in [2.75, 3.05) is 0 Å². The molecule has 2 aromatic rings. The second kappa shape index (κ2) is 4.39. The van der Waals surface area contributed by atoms with Crippen LogP contribution < -0.4 is 0 Å². The fourth-order valence-corrected chi connectivity index (χ4v) is 3.79. The molecule has 1 aliphatic rings. The molecule has 1 atom stereocenters. The van der Waals surface area contributed by atoms with Crippen LogP contribution in [0.5, 0.6) is 0 Å². The zero-order valence-corrected chi connectivity index (χ0v) is 11.9. The molecule has 1 aromatic carbocycles. The number of benzene rings is 1. The maximum Gasteiger partial charge on any atom is 0.123 e. The molecule has 0 aliphatic heterocycles. The molecule has 0 amide bonds. The van der Waals surface area contributed by atoms with Crippen molar-refractivity contribution >= 4 is 11.3 Å². The summed E-state index contributed by atoms with van der Waals surface area (Å²) in [4.78, 5) is 5.68. The predicted molar refractivity (Wildman–Crippen MR) is 73.9 cm³/mol. The first-order chi connectivity index (χ1) is 8.98. The smallest absolute Gasteiger partial charge is 0.123 e. The van der Waals surface area contributed by atoms with E-state index < -0.39 is 5.60 Å². The number of fused-ring (bicyclic) bond motifs is 1. The van der Waals surface area contributed by atoms with Crippen LogP contribution in [-0.4, -0.2) is 10.1 Å². The molecule has 1 heterocycles. The topological polar surface area (TPSA) is 33.1 Å². The number of rotatable bonds is 2. The van der Waals surface area contributed by atoms with Gasteiger partial charge in [-0.2, -0.15) is 0 Å². The fraction of sp³-hybridized carbons (Fsp3) is 0.400. The number of aromatic nitrogens is 1. The first-order valence-electron chi connectivity index (χ1n) is 6.42. The van der Waals surface area contributed by atoms with Crippen LogP contribution in [0.15, 0.2) is 18.2 Å². The Morgan fingerprint density at radius 3 is 2.89 bits per heavy atom. The lowest BCUT2D eigenvalue weighted by molar-refractivity contribution is 0.0389. The molecule has 4 heteroatoms. The van der Waals surface area contributed by atoms with E-state index in [-0.39, 0.29) is 5.82 Å². The zero-order valence-electron chi connectivity index (χ0n) is 11.0. The van der Waals surface area contributed by atoms with E-state index in [1.165, 1.54) is 17.0 Å². The Morgan fingerprint density at radius 1 is 1.42 bits per heavy atom. The standard InChI is InChI=1S/C15H16FNOS/c1-9-10(2)19-14(17-9)8-15(18)6-5-11-7-12(16)3-4-13(11)15/h3-4,7,18H,5-6,8H2,1-2H3. The molecule has 1 N–H and O–H groups in total. The van der Waals surface area contributed by atoms with E-state index in [2.05, 4.69) is 4.98 Å². The lowest BCUT2D eigenvalue weighted by atomic mass is 9.92. The highest BCUT2D eigenvalue weighted by atomic mass is 32.1. The zero-order chi connectivity index (χ0) is 13.6. The van der Waals surface area contributed by atoms with Gasteiger partial charge in [-0.3, -0.25) is 0 Å². The highest BCUT2D eigenvalue weighted by molar-refractivity contribution is 7.11. The largest absolute Gasteiger partial charge is 0.385 e. The van der Waals surface area contributed by atoms with Crippen molar-refractivity contribution in [1.29, 1.82) is 0 Å². The highest BCUT2D eigenvalue weighted by Gasteiger charge is 2.37. The minimum Gasteiger partial charge on any atom is -0.385 e. The monoisotopic (exact) mass is 277 g/mol. The van der Waals surface area contributed by atoms with Crippen molar-refractivity contribution in [3.63, 3.8) is 0 Å². The highest BCUT2D eigenvalue weighted by Crippen LogP contribution is 2.40. The van der Waals surface area contributed by atoms with E-state index in [4.69, 9.17) is 0 Å². The molecule has 1 aromatic heterocycles. The molecule has 1 unspecified atom stereocenters. The van der Waals surface area contributed by atoms with Crippen LogP contribution in [0.4, 0.5) is 4.39 Å². The molecule has 1 aliphatic carbocycles. The summed E-state index contributed by atoms with van der Waals surface area (Å²) in [6.07, 6.45) is 1.89. The molecule has 0 spiro atoms. The van der Waals surface area contributed by atoms with E-state index in [1.54, 1.807) is 17.4 Å². The fourth-order valence-electron chi connectivity index (χ4n) is 2.75. The Labute approximate surface area is 115 Å². The molecule has 0 saturated heterocycles. The van der Waals surface area contributed by atoms with E-state index in [1.807, 2.05) is 13.8 Å². The third kappa shape index (κ3) is 2.19. The first-order valence-corrected chi connectivity index (χ1v) is 7.24. The summed E-state index contributed by atoms with van der Waals surface area (Å²) in [5.74, 6) is -0.232. The Morgan fingerprint density at radius 2 is 2.21 bits per heavy atom. The summed E-state index contributed by atoms with van der Waals surface area (Å²) in [7, 11) is 0. The number of hydrogen-bond donors (Lipinski definition) is 1. The average molecular weight is 277 g/mol. The van der Waals surface area contributed by atoms with Crippen molar-refractivity contribution in [2.45, 2.75) is 38.7 Å². The van der Waals surface area contributed by atoms with Crippen LogP contribution in [0.25, 0.3) is 0 Å². The number of hydrogen-bond acceptors (Lipinski definition) is 3. The first kappa shape index (κ1) is 12.8. The van der Waals surface area contributed by atoms with Crippen LogP contribution in [0, 0.1) is 19.7 Å². The molecule has 0 saturated carbocycles. The van der Waals surface area contributed by atoms with Crippen LogP contribution in [-0.2, 0) is 18.4 Å². The van der Waals surface area contributed by atoms with E-state index in [0.717, 1.165) is 28.2 Å². The SMILES string of the molecule is Cc1nc(CC2(O)CCc3cc(F)ccc32)sc1C. The van der Waals surface area contributed by atoms with Gasteiger partial charge in [0.15, 0.2) is 0 Å². The quantitative estimate of drug-likeness (QED) is 0.914. The summed E-state index contributed by atoms with van der Waals surface area (Å²) >= 11 is 1.63. The normalized spacial score (nSPS) is 21.7. The molecular formula is C15H16FNOS. The molecule has 0 bridgehead atoms. The van der Waals surface area contributed by atoms with E-state index in [0.29, 0.717) is 12.8 Å². The second-order valence-electron chi connectivity index (χ2n) is 5.26. The van der Waals surface area contributed by atoms with Crippen LogP contribution >= 0.6 is 11.3 Å². The molecule has 19 heavy (non-hydrogen) atoms. The Balaban J connectivity index is 1.94. The number of nitrogens with zero attached hydrogens (tertiary/aromatic N) is 1. The summed E-state index contributed by atoms with van der Waals surface area (Å²) < 4.78 is 13.2. The second-order valence-corrected chi connectivity index (χ2v) is 6.55. The number of aryl methyl sites for hydroxylation is 3. The number of thiazole rings is 1. The Hall–Kier alpha value is -1.26. The summed E-state index contributed by atoms with van der Waals surface area (Å²) in [6, 6.07) is 4.67. The lowest BCUT2D eigenvalue weighted by Crippen LogP contribution is -2.25. The molecule has 3 rings (SSSR count). The number of aliphatic hydroxyl groups is 1. The van der Waals surface area contributed by atoms with E-state index >= 15 is 0 Å². The van der Waals surface area contributed by atoms with Gasteiger partial charge in [-0.05, 0) is 49.9 Å². The average Bonchev–Trinajstić information content (AvgIpc) is 2.81. The van der Waals surface area contributed by atoms with Crippen molar-refractivity contribution < 1.29 is 9.50 Å². The maximum absolute atomic E-state index is 13.2. The summed E-state index contributed by atoms with van der Waals surface area (Å²) in [6.45, 7) is 4.02. The summed E-state index contributed by atoms with van der Waals surface area (Å²) in [5.41, 5.74) is 1.92. The van der Waals surface area contributed by atoms with Gasteiger partial charge in [0.2, 0.25) is 0 Å². The third-order valence-electron chi connectivity index (χ3n) is 3.89. The number of halogens is 1. The van der Waals surface area contributed by atoms with Crippen LogP contribution in [0.3, 0.4) is 0 Å². The van der Waals surface area contributed by atoms with Crippen LogP contribution in [0.1, 0.15) is 33.1 Å². The molecule has 100 valence electrons. The third-order valence-corrected chi connectivity index (χ3v) is 4.97. The predicted octanol–water partition coefficient (Wildman–Crippen LogP) is 3.28. The van der Waals surface area contributed by atoms with Gasteiger partial charge in [-0.1, -0.05) is 6.07 Å². The molecule has 0 fully saturated rings. The van der Waals surface area contributed by atoms with Crippen molar-refractivity contribution in [3.05, 3.63) is 50.7 Å². The van der Waals surface area contributed by atoms with Gasteiger partial charge >= 0.3 is 0 Å². The summed E-state index contributed by atoms with van der Waals surface area (Å²) in [5, 5.41) is 11.8. The van der Waals surface area contributed by atoms with Crippen molar-refractivity contribution in [2.24, 2.45) is 0 Å². The van der Waals surface area contributed by atoms with Crippen molar-refractivity contribution in [3.8, 4) is 0 Å². The van der Waals surface area contributed by atoms with Gasteiger partial charge in [0, 0.05) is 11.3 Å². The Kier molecular flexibility index (Phi) is 2.95.